The zero-order chi connectivity index (χ0) is 12.1. The van der Waals surface area contributed by atoms with Crippen molar-refractivity contribution in [3.05, 3.63) is 0 Å². The molecule has 1 rings (SSSR count). The predicted molar refractivity (Wildman–Crippen MR) is 71.7 cm³/mol. The summed E-state index contributed by atoms with van der Waals surface area (Å²) in [5, 5.41) is 3.61. The van der Waals surface area contributed by atoms with Crippen LogP contribution in [0, 0.1) is 11.8 Å². The van der Waals surface area contributed by atoms with Crippen molar-refractivity contribution in [3.63, 3.8) is 0 Å². The lowest BCUT2D eigenvalue weighted by Crippen LogP contribution is -2.48. The molecular weight excluding hydrogens is 196 g/mol. The highest BCUT2D eigenvalue weighted by atomic mass is 15.2. The number of rotatable bonds is 5. The molecule has 4 atom stereocenters. The molecule has 1 aliphatic rings. The molecule has 1 saturated heterocycles. The Morgan fingerprint density at radius 3 is 2.50 bits per heavy atom. The Balaban J connectivity index is 2.28. The largest absolute Gasteiger partial charge is 0.313 e. The summed E-state index contributed by atoms with van der Waals surface area (Å²) in [6.07, 6.45) is 2.59. The highest BCUT2D eigenvalue weighted by molar-refractivity contribution is 4.80. The number of likely N-dealkylation sites (tertiary alicyclic amines) is 1. The fourth-order valence-corrected chi connectivity index (χ4v) is 2.34. The molecule has 2 heteroatoms. The van der Waals surface area contributed by atoms with Gasteiger partial charge in [-0.1, -0.05) is 20.8 Å². The molecule has 1 aliphatic heterocycles. The van der Waals surface area contributed by atoms with Crippen LogP contribution in [0.5, 0.6) is 0 Å². The van der Waals surface area contributed by atoms with Crippen molar-refractivity contribution in [2.75, 3.05) is 19.6 Å². The third-order valence-corrected chi connectivity index (χ3v) is 4.36. The van der Waals surface area contributed by atoms with E-state index in [0.29, 0.717) is 12.1 Å². The molecule has 1 heterocycles. The molecule has 1 N–H and O–H groups in total. The molecule has 0 aromatic heterocycles. The van der Waals surface area contributed by atoms with E-state index in [1.165, 1.54) is 25.9 Å². The van der Waals surface area contributed by atoms with Crippen molar-refractivity contribution in [2.24, 2.45) is 11.8 Å². The van der Waals surface area contributed by atoms with E-state index in [1.807, 2.05) is 0 Å². The Morgan fingerprint density at radius 1 is 1.25 bits per heavy atom. The van der Waals surface area contributed by atoms with Crippen LogP contribution in [0.15, 0.2) is 0 Å². The van der Waals surface area contributed by atoms with Crippen molar-refractivity contribution >= 4 is 0 Å². The summed E-state index contributed by atoms with van der Waals surface area (Å²) in [7, 11) is 0. The SMILES string of the molecule is CCC(C)NCC(C)N1CCC(C)C(C)C1. The second-order valence-corrected chi connectivity index (χ2v) is 5.80. The van der Waals surface area contributed by atoms with Crippen LogP contribution < -0.4 is 5.32 Å². The fraction of sp³-hybridized carbons (Fsp3) is 1.00. The number of nitrogens with zero attached hydrogens (tertiary/aromatic N) is 1. The Hall–Kier alpha value is -0.0800. The van der Waals surface area contributed by atoms with Gasteiger partial charge in [0.25, 0.3) is 0 Å². The average Bonchev–Trinajstić information content (AvgIpc) is 2.29. The van der Waals surface area contributed by atoms with E-state index in [4.69, 9.17) is 0 Å². The summed E-state index contributed by atoms with van der Waals surface area (Å²) in [6.45, 7) is 15.4. The molecule has 0 spiro atoms. The van der Waals surface area contributed by atoms with Gasteiger partial charge in [-0.2, -0.15) is 0 Å². The van der Waals surface area contributed by atoms with Gasteiger partial charge in [-0.25, -0.2) is 0 Å². The Morgan fingerprint density at radius 2 is 1.94 bits per heavy atom. The molecule has 0 saturated carbocycles. The Labute approximate surface area is 102 Å². The standard InChI is InChI=1S/C14H30N2/c1-6-13(4)15-9-14(5)16-8-7-11(2)12(3)10-16/h11-15H,6-10H2,1-5H3. The maximum atomic E-state index is 3.61. The lowest BCUT2D eigenvalue weighted by Gasteiger charge is -2.39. The molecule has 4 unspecified atom stereocenters. The highest BCUT2D eigenvalue weighted by Gasteiger charge is 2.25. The number of hydrogen-bond acceptors (Lipinski definition) is 2. The zero-order valence-corrected chi connectivity index (χ0v) is 11.8. The van der Waals surface area contributed by atoms with E-state index in [2.05, 4.69) is 44.8 Å². The molecule has 1 fully saturated rings. The van der Waals surface area contributed by atoms with E-state index in [0.717, 1.165) is 18.4 Å². The molecule has 96 valence electrons. The van der Waals surface area contributed by atoms with Gasteiger partial charge in [0.2, 0.25) is 0 Å². The summed E-state index contributed by atoms with van der Waals surface area (Å²) in [6, 6.07) is 1.34. The van der Waals surface area contributed by atoms with Gasteiger partial charge in [-0.05, 0) is 45.1 Å². The fourth-order valence-electron chi connectivity index (χ4n) is 2.34. The van der Waals surface area contributed by atoms with Crippen LogP contribution in [0.3, 0.4) is 0 Å². The van der Waals surface area contributed by atoms with Gasteiger partial charge in [0.05, 0.1) is 0 Å². The Bertz CT molecular complexity index is 193. The number of nitrogens with one attached hydrogen (secondary N) is 1. The van der Waals surface area contributed by atoms with Crippen molar-refractivity contribution in [2.45, 2.75) is 59.5 Å². The third-order valence-electron chi connectivity index (χ3n) is 4.36. The van der Waals surface area contributed by atoms with E-state index in [9.17, 15) is 0 Å². The molecule has 0 amide bonds. The van der Waals surface area contributed by atoms with Crippen LogP contribution in [0.25, 0.3) is 0 Å². The van der Waals surface area contributed by atoms with Crippen LogP contribution >= 0.6 is 0 Å². The van der Waals surface area contributed by atoms with Crippen LogP contribution in [-0.2, 0) is 0 Å². The third kappa shape index (κ3) is 4.06. The first-order chi connectivity index (χ1) is 7.54. The lowest BCUT2D eigenvalue weighted by molar-refractivity contribution is 0.101. The van der Waals surface area contributed by atoms with Crippen molar-refractivity contribution in [1.29, 1.82) is 0 Å². The van der Waals surface area contributed by atoms with Gasteiger partial charge in [0.15, 0.2) is 0 Å². The first-order valence-electron chi connectivity index (χ1n) is 7.02. The minimum Gasteiger partial charge on any atom is -0.313 e. The Kier molecular flexibility index (Phi) is 5.77. The molecule has 0 radical (unpaired) electrons. The van der Waals surface area contributed by atoms with Crippen LogP contribution in [-0.4, -0.2) is 36.6 Å². The molecule has 0 aromatic rings. The van der Waals surface area contributed by atoms with E-state index in [1.54, 1.807) is 0 Å². The van der Waals surface area contributed by atoms with Crippen molar-refractivity contribution in [1.82, 2.24) is 10.2 Å². The van der Waals surface area contributed by atoms with E-state index < -0.39 is 0 Å². The maximum Gasteiger partial charge on any atom is 0.0192 e. The first-order valence-corrected chi connectivity index (χ1v) is 7.02. The average molecular weight is 226 g/mol. The smallest absolute Gasteiger partial charge is 0.0192 e. The molecular formula is C14H30N2. The number of piperidine rings is 1. The normalized spacial score (nSPS) is 31.3. The summed E-state index contributed by atoms with van der Waals surface area (Å²) in [5.41, 5.74) is 0. The lowest BCUT2D eigenvalue weighted by atomic mass is 9.88. The van der Waals surface area contributed by atoms with Crippen molar-refractivity contribution in [3.8, 4) is 0 Å². The topological polar surface area (TPSA) is 15.3 Å². The molecule has 0 aromatic carbocycles. The minimum atomic E-state index is 0.656. The van der Waals surface area contributed by atoms with Crippen LogP contribution in [0.4, 0.5) is 0 Å². The predicted octanol–water partition coefficient (Wildman–Crippen LogP) is 2.74. The first kappa shape index (κ1) is 14.0. The highest BCUT2D eigenvalue weighted by Crippen LogP contribution is 2.23. The molecule has 0 aliphatic carbocycles. The van der Waals surface area contributed by atoms with Gasteiger partial charge in [0.1, 0.15) is 0 Å². The minimum absolute atomic E-state index is 0.656. The van der Waals surface area contributed by atoms with Crippen molar-refractivity contribution < 1.29 is 0 Å². The second-order valence-electron chi connectivity index (χ2n) is 5.80. The second kappa shape index (κ2) is 6.61. The van der Waals surface area contributed by atoms with Gasteiger partial charge >= 0.3 is 0 Å². The maximum absolute atomic E-state index is 3.61. The summed E-state index contributed by atoms with van der Waals surface area (Å²) < 4.78 is 0. The monoisotopic (exact) mass is 226 g/mol. The van der Waals surface area contributed by atoms with E-state index in [-0.39, 0.29) is 0 Å². The van der Waals surface area contributed by atoms with Gasteiger partial charge in [-0.3, -0.25) is 4.90 Å². The summed E-state index contributed by atoms with van der Waals surface area (Å²) >= 11 is 0. The molecule has 0 bridgehead atoms. The molecule has 2 nitrogen and oxygen atoms in total. The van der Waals surface area contributed by atoms with Crippen LogP contribution in [0.1, 0.15) is 47.5 Å². The van der Waals surface area contributed by atoms with Gasteiger partial charge < -0.3 is 5.32 Å². The quantitative estimate of drug-likeness (QED) is 0.775. The van der Waals surface area contributed by atoms with E-state index >= 15 is 0 Å². The van der Waals surface area contributed by atoms with Gasteiger partial charge in [-0.15, -0.1) is 0 Å². The number of hydrogen-bond donors (Lipinski definition) is 1. The molecule has 16 heavy (non-hydrogen) atoms. The van der Waals surface area contributed by atoms with Gasteiger partial charge in [0, 0.05) is 25.2 Å². The summed E-state index contributed by atoms with van der Waals surface area (Å²) in [4.78, 5) is 2.65. The zero-order valence-electron chi connectivity index (χ0n) is 11.8. The van der Waals surface area contributed by atoms with Crippen LogP contribution in [0.2, 0.25) is 0 Å². The summed E-state index contributed by atoms with van der Waals surface area (Å²) in [5.74, 6) is 1.77.